The standard InChI is InChI=1S/C22H14ClN3O6/c1-32-19-11-13(24-20(27)12-6-8-16(23)18(10-12)26(30)31)7-9-17(19)25-21(28)14-4-2-3-5-15(14)22(25)29/h2-11H,1H3,(H,24,27). The van der Waals surface area contributed by atoms with Crippen molar-refractivity contribution in [2.75, 3.05) is 17.3 Å². The quantitative estimate of drug-likeness (QED) is 0.350. The van der Waals surface area contributed by atoms with Gasteiger partial charge in [-0.2, -0.15) is 0 Å². The third kappa shape index (κ3) is 3.54. The Bertz CT molecular complexity index is 1270. The molecule has 4 rings (SSSR count). The Hall–Kier alpha value is -4.24. The highest BCUT2D eigenvalue weighted by Crippen LogP contribution is 2.36. The van der Waals surface area contributed by atoms with Crippen LogP contribution >= 0.6 is 11.6 Å². The lowest BCUT2D eigenvalue weighted by atomic mass is 10.1. The van der Waals surface area contributed by atoms with Gasteiger partial charge in [0, 0.05) is 23.4 Å². The highest BCUT2D eigenvalue weighted by molar-refractivity contribution is 6.35. The Labute approximate surface area is 186 Å². The minimum atomic E-state index is -0.682. The maximum Gasteiger partial charge on any atom is 0.288 e. The van der Waals surface area contributed by atoms with E-state index in [0.717, 1.165) is 11.0 Å². The molecule has 0 unspecified atom stereocenters. The van der Waals surface area contributed by atoms with Crippen LogP contribution in [0.1, 0.15) is 31.1 Å². The van der Waals surface area contributed by atoms with E-state index in [9.17, 15) is 24.5 Å². The summed E-state index contributed by atoms with van der Waals surface area (Å²) in [7, 11) is 1.37. The summed E-state index contributed by atoms with van der Waals surface area (Å²) in [6.07, 6.45) is 0. The number of carbonyl (C=O) groups is 3. The molecule has 0 bridgehead atoms. The number of anilines is 2. The second kappa shape index (κ2) is 8.12. The number of hydrogen-bond acceptors (Lipinski definition) is 6. The van der Waals surface area contributed by atoms with Crippen LogP contribution in [0.3, 0.4) is 0 Å². The van der Waals surface area contributed by atoms with Crippen molar-refractivity contribution in [3.05, 3.63) is 92.5 Å². The summed E-state index contributed by atoms with van der Waals surface area (Å²) in [6.45, 7) is 0. The summed E-state index contributed by atoms with van der Waals surface area (Å²) in [5.41, 5.74) is 0.744. The molecule has 1 aliphatic rings. The van der Waals surface area contributed by atoms with Crippen LogP contribution in [0.4, 0.5) is 17.1 Å². The first kappa shape index (κ1) is 21.0. The van der Waals surface area contributed by atoms with Crippen LogP contribution < -0.4 is 15.0 Å². The fraction of sp³-hybridized carbons (Fsp3) is 0.0455. The summed E-state index contributed by atoms with van der Waals surface area (Å²) in [5.74, 6) is -1.39. The number of ether oxygens (including phenoxy) is 1. The van der Waals surface area contributed by atoms with Crippen molar-refractivity contribution in [1.82, 2.24) is 0 Å². The number of amides is 3. The molecule has 0 aromatic heterocycles. The minimum absolute atomic E-state index is 0.0319. The van der Waals surface area contributed by atoms with Crippen LogP contribution in [-0.4, -0.2) is 29.8 Å². The predicted molar refractivity (Wildman–Crippen MR) is 117 cm³/mol. The number of halogens is 1. The lowest BCUT2D eigenvalue weighted by Crippen LogP contribution is -2.29. The molecule has 1 heterocycles. The third-order valence-corrected chi connectivity index (χ3v) is 5.20. The number of fused-ring (bicyclic) bond motifs is 1. The van der Waals surface area contributed by atoms with Gasteiger partial charge in [-0.3, -0.25) is 24.5 Å². The van der Waals surface area contributed by atoms with E-state index in [2.05, 4.69) is 5.32 Å². The van der Waals surface area contributed by atoms with Gasteiger partial charge in [0.15, 0.2) is 0 Å². The van der Waals surface area contributed by atoms with Crippen LogP contribution in [0.15, 0.2) is 60.7 Å². The molecule has 1 aliphatic heterocycles. The van der Waals surface area contributed by atoms with E-state index < -0.39 is 28.3 Å². The smallest absolute Gasteiger partial charge is 0.288 e. The molecule has 3 aromatic carbocycles. The number of rotatable bonds is 5. The second-order valence-corrected chi connectivity index (χ2v) is 7.16. The fourth-order valence-electron chi connectivity index (χ4n) is 3.35. The lowest BCUT2D eigenvalue weighted by Gasteiger charge is -2.18. The van der Waals surface area contributed by atoms with Crippen molar-refractivity contribution in [2.24, 2.45) is 0 Å². The molecule has 0 atom stereocenters. The Kier molecular flexibility index (Phi) is 5.33. The topological polar surface area (TPSA) is 119 Å². The summed E-state index contributed by atoms with van der Waals surface area (Å²) in [5, 5.41) is 13.6. The van der Waals surface area contributed by atoms with Crippen LogP contribution in [0, 0.1) is 10.1 Å². The fourth-order valence-corrected chi connectivity index (χ4v) is 3.53. The van der Waals surface area contributed by atoms with Gasteiger partial charge in [-0.25, -0.2) is 4.90 Å². The zero-order valence-electron chi connectivity index (χ0n) is 16.5. The molecular weight excluding hydrogens is 438 g/mol. The van der Waals surface area contributed by atoms with Gasteiger partial charge in [-0.1, -0.05) is 23.7 Å². The Balaban J connectivity index is 1.62. The lowest BCUT2D eigenvalue weighted by molar-refractivity contribution is -0.384. The summed E-state index contributed by atoms with van der Waals surface area (Å²) < 4.78 is 5.34. The number of nitrogens with zero attached hydrogens (tertiary/aromatic N) is 2. The summed E-state index contributed by atoms with van der Waals surface area (Å²) in [6, 6.07) is 14.6. The SMILES string of the molecule is COc1cc(NC(=O)c2ccc(Cl)c([N+](=O)[O-])c2)ccc1N1C(=O)c2ccccc2C1=O. The number of nitrogens with one attached hydrogen (secondary N) is 1. The molecule has 0 radical (unpaired) electrons. The molecule has 1 N–H and O–H groups in total. The maximum absolute atomic E-state index is 12.8. The van der Waals surface area contributed by atoms with E-state index in [-0.39, 0.29) is 22.0 Å². The highest BCUT2D eigenvalue weighted by atomic mass is 35.5. The van der Waals surface area contributed by atoms with Gasteiger partial charge in [0.25, 0.3) is 23.4 Å². The number of benzene rings is 3. The molecule has 9 nitrogen and oxygen atoms in total. The van der Waals surface area contributed by atoms with Gasteiger partial charge in [0.05, 0.1) is 28.8 Å². The van der Waals surface area contributed by atoms with Crippen molar-refractivity contribution >= 4 is 46.4 Å². The Morgan fingerprint density at radius 1 is 1.03 bits per heavy atom. The number of imide groups is 1. The highest BCUT2D eigenvalue weighted by Gasteiger charge is 2.37. The van der Waals surface area contributed by atoms with E-state index in [1.807, 2.05) is 0 Å². The van der Waals surface area contributed by atoms with Crippen molar-refractivity contribution < 1.29 is 24.0 Å². The van der Waals surface area contributed by atoms with E-state index in [1.54, 1.807) is 24.3 Å². The monoisotopic (exact) mass is 451 g/mol. The molecule has 10 heteroatoms. The van der Waals surface area contributed by atoms with E-state index in [4.69, 9.17) is 16.3 Å². The average molecular weight is 452 g/mol. The van der Waals surface area contributed by atoms with Crippen LogP contribution in [0.25, 0.3) is 0 Å². The van der Waals surface area contributed by atoms with Crippen LogP contribution in [0.2, 0.25) is 5.02 Å². The van der Waals surface area contributed by atoms with Gasteiger partial charge in [0.1, 0.15) is 10.8 Å². The molecule has 0 saturated carbocycles. The summed E-state index contributed by atoms with van der Waals surface area (Å²) in [4.78, 5) is 49.4. The maximum atomic E-state index is 12.8. The van der Waals surface area contributed by atoms with Crippen molar-refractivity contribution in [1.29, 1.82) is 0 Å². The van der Waals surface area contributed by atoms with Gasteiger partial charge < -0.3 is 10.1 Å². The van der Waals surface area contributed by atoms with Gasteiger partial charge in [-0.05, 0) is 36.4 Å². The number of methoxy groups -OCH3 is 1. The molecular formula is C22H14ClN3O6. The first-order valence-corrected chi connectivity index (χ1v) is 9.60. The molecule has 32 heavy (non-hydrogen) atoms. The van der Waals surface area contributed by atoms with E-state index in [0.29, 0.717) is 16.8 Å². The molecule has 0 saturated heterocycles. The molecule has 0 fully saturated rings. The average Bonchev–Trinajstić information content (AvgIpc) is 3.04. The van der Waals surface area contributed by atoms with Crippen molar-refractivity contribution in [3.8, 4) is 5.75 Å². The first-order chi connectivity index (χ1) is 15.3. The molecule has 3 amide bonds. The Morgan fingerprint density at radius 2 is 1.69 bits per heavy atom. The van der Waals surface area contributed by atoms with Crippen LogP contribution in [-0.2, 0) is 0 Å². The van der Waals surface area contributed by atoms with Crippen molar-refractivity contribution in [2.45, 2.75) is 0 Å². The van der Waals surface area contributed by atoms with Gasteiger partial charge in [0.2, 0.25) is 0 Å². The second-order valence-electron chi connectivity index (χ2n) is 6.76. The van der Waals surface area contributed by atoms with E-state index in [1.165, 1.54) is 37.4 Å². The minimum Gasteiger partial charge on any atom is -0.494 e. The zero-order valence-corrected chi connectivity index (χ0v) is 17.3. The molecule has 0 aliphatic carbocycles. The zero-order chi connectivity index (χ0) is 23.0. The number of hydrogen-bond donors (Lipinski definition) is 1. The Morgan fingerprint density at radius 3 is 2.28 bits per heavy atom. The van der Waals surface area contributed by atoms with Crippen LogP contribution in [0.5, 0.6) is 5.75 Å². The summed E-state index contributed by atoms with van der Waals surface area (Å²) >= 11 is 5.78. The van der Waals surface area contributed by atoms with Gasteiger partial charge in [-0.15, -0.1) is 0 Å². The predicted octanol–water partition coefficient (Wildman–Crippen LogP) is 4.31. The number of nitro groups is 1. The largest absolute Gasteiger partial charge is 0.494 e. The van der Waals surface area contributed by atoms with Gasteiger partial charge >= 0.3 is 0 Å². The van der Waals surface area contributed by atoms with Crippen molar-refractivity contribution in [3.63, 3.8) is 0 Å². The molecule has 3 aromatic rings. The number of carbonyl (C=O) groups excluding carboxylic acids is 3. The normalized spacial score (nSPS) is 12.5. The molecule has 160 valence electrons. The van der Waals surface area contributed by atoms with E-state index >= 15 is 0 Å². The first-order valence-electron chi connectivity index (χ1n) is 9.23. The number of nitro benzene ring substituents is 1. The molecule has 0 spiro atoms. The third-order valence-electron chi connectivity index (χ3n) is 4.88.